The molecule has 0 aromatic heterocycles. The molecule has 0 spiro atoms. The topological polar surface area (TPSA) is 0 Å². The molecule has 2 aromatic carbocycles. The van der Waals surface area contributed by atoms with E-state index in [1.807, 2.05) is 0 Å². The zero-order valence-electron chi connectivity index (χ0n) is 15.2. The molecule has 0 bridgehead atoms. The maximum atomic E-state index is 2.49. The Hall–Kier alpha value is -0.617. The van der Waals surface area contributed by atoms with Crippen LogP contribution in [0.5, 0.6) is 0 Å². The fourth-order valence-electron chi connectivity index (χ4n) is 5.00. The van der Waals surface area contributed by atoms with Gasteiger partial charge < -0.3 is 24.8 Å². The summed E-state index contributed by atoms with van der Waals surface area (Å²) >= 11 is 1.72. The van der Waals surface area contributed by atoms with Crippen molar-refractivity contribution in [3.63, 3.8) is 0 Å². The zero-order chi connectivity index (χ0) is 16.9. The van der Waals surface area contributed by atoms with Crippen molar-refractivity contribution in [1.29, 1.82) is 0 Å². The second kappa shape index (κ2) is 8.40. The maximum absolute atomic E-state index is 2.49. The summed E-state index contributed by atoms with van der Waals surface area (Å²) in [5, 5.41) is 0. The van der Waals surface area contributed by atoms with Crippen molar-refractivity contribution >= 4 is 12.2 Å². The molecular weight excluding hydrogens is 450 g/mol. The van der Waals surface area contributed by atoms with Crippen LogP contribution in [0.4, 0.5) is 0 Å². The summed E-state index contributed by atoms with van der Waals surface area (Å²) in [6.07, 6.45) is 15.2. The predicted octanol–water partition coefficient (Wildman–Crippen LogP) is 0.511. The molecule has 2 aromatic rings. The quantitative estimate of drug-likeness (QED) is 0.594. The second-order valence-corrected chi connectivity index (χ2v) is 10.1. The minimum absolute atomic E-state index is 0. The normalized spacial score (nSPS) is 23.8. The van der Waals surface area contributed by atoms with Gasteiger partial charge in [0.1, 0.15) is 0 Å². The number of halogens is 2. The monoisotopic (exact) mass is 471 g/mol. The van der Waals surface area contributed by atoms with Gasteiger partial charge in [-0.1, -0.05) is 0 Å². The molecule has 3 unspecified atom stereocenters. The van der Waals surface area contributed by atoms with Gasteiger partial charge in [0.25, 0.3) is 0 Å². The van der Waals surface area contributed by atoms with Crippen molar-refractivity contribution in [1.82, 2.24) is 0 Å². The van der Waals surface area contributed by atoms with Crippen molar-refractivity contribution in [2.75, 3.05) is 0 Å². The molecule has 0 amide bonds. The van der Waals surface area contributed by atoms with Gasteiger partial charge in [0.15, 0.2) is 0 Å². The minimum atomic E-state index is 0. The van der Waals surface area contributed by atoms with Crippen LogP contribution in [-0.4, -0.2) is 0 Å². The molecule has 0 nitrogen and oxygen atoms in total. The van der Waals surface area contributed by atoms with Crippen LogP contribution in [0.1, 0.15) is 59.8 Å². The third kappa shape index (κ3) is 3.94. The van der Waals surface area contributed by atoms with Crippen LogP contribution in [0, 0.1) is 5.41 Å². The standard InChI is InChI=1S/C24H23.2ClH.Zr/c1-3-9-21-18(6-1)11-12-19(21)8-5-15-24(16-17-24)23-14-13-20-7-2-4-10-22(20)23;;;/h1-7,9-14,19,23H,8,15-17H2;2*1H;/q;;;+2/p-2. The van der Waals surface area contributed by atoms with Gasteiger partial charge in [0.2, 0.25) is 0 Å². The van der Waals surface area contributed by atoms with Crippen molar-refractivity contribution in [2.45, 2.75) is 41.1 Å². The molecular formula is C24H23Cl2Zr. The SMILES string of the molecule is [Cl-].[Cl-].[Zr+2][CH](CC1C=Cc2ccccc21)CC1(C2C=Cc3ccccc32)CC1. The molecule has 1 fully saturated rings. The number of hydrogen-bond acceptors (Lipinski definition) is 0. The Labute approximate surface area is 190 Å². The predicted molar refractivity (Wildman–Crippen MR) is 101 cm³/mol. The average molecular weight is 474 g/mol. The first-order chi connectivity index (χ1) is 12.3. The number of benzene rings is 2. The van der Waals surface area contributed by atoms with E-state index in [-0.39, 0.29) is 24.8 Å². The van der Waals surface area contributed by atoms with Gasteiger partial charge >= 0.3 is 166 Å². The van der Waals surface area contributed by atoms with Crippen LogP contribution < -0.4 is 24.8 Å². The van der Waals surface area contributed by atoms with E-state index in [1.165, 1.54) is 36.8 Å². The van der Waals surface area contributed by atoms with Crippen LogP contribution in [0.15, 0.2) is 60.7 Å². The first-order valence-corrected chi connectivity index (χ1v) is 10.9. The second-order valence-electron chi connectivity index (χ2n) is 8.06. The molecule has 27 heavy (non-hydrogen) atoms. The molecule has 0 radical (unpaired) electrons. The molecule has 3 heteroatoms. The number of allylic oxidation sites excluding steroid dienone is 2. The summed E-state index contributed by atoms with van der Waals surface area (Å²) in [7, 11) is 0. The van der Waals surface area contributed by atoms with Crippen LogP contribution in [0.25, 0.3) is 12.2 Å². The molecule has 3 aliphatic rings. The molecule has 5 rings (SSSR count). The van der Waals surface area contributed by atoms with Crippen LogP contribution in [-0.2, 0) is 24.7 Å². The van der Waals surface area contributed by atoms with E-state index in [2.05, 4.69) is 72.8 Å². The summed E-state index contributed by atoms with van der Waals surface area (Å²) in [5.41, 5.74) is 6.57. The van der Waals surface area contributed by atoms with Gasteiger partial charge in [0, 0.05) is 0 Å². The summed E-state index contributed by atoms with van der Waals surface area (Å²) in [5.74, 6) is 1.31. The van der Waals surface area contributed by atoms with Crippen LogP contribution >= 0.6 is 0 Å². The van der Waals surface area contributed by atoms with Gasteiger partial charge in [-0.2, -0.15) is 0 Å². The van der Waals surface area contributed by atoms with Crippen LogP contribution in [0.2, 0.25) is 3.63 Å². The van der Waals surface area contributed by atoms with E-state index in [4.69, 9.17) is 0 Å². The summed E-state index contributed by atoms with van der Waals surface area (Å²) in [6.45, 7) is 0. The van der Waals surface area contributed by atoms with Crippen molar-refractivity contribution in [2.24, 2.45) is 5.41 Å². The third-order valence-electron chi connectivity index (χ3n) is 6.45. The van der Waals surface area contributed by atoms with Gasteiger partial charge in [-0.25, -0.2) is 0 Å². The Morgan fingerprint density at radius 1 is 0.852 bits per heavy atom. The number of rotatable bonds is 5. The fraction of sp³-hybridized carbons (Fsp3) is 0.333. The Bertz CT molecular complexity index is 866. The third-order valence-corrected chi connectivity index (χ3v) is 7.53. The number of fused-ring (bicyclic) bond motifs is 2. The molecule has 0 N–H and O–H groups in total. The zero-order valence-corrected chi connectivity index (χ0v) is 19.2. The Morgan fingerprint density at radius 2 is 1.44 bits per heavy atom. The van der Waals surface area contributed by atoms with Crippen LogP contribution in [0.3, 0.4) is 0 Å². The molecule has 137 valence electrons. The molecule has 3 aliphatic carbocycles. The molecule has 1 saturated carbocycles. The average Bonchev–Trinajstić information content (AvgIpc) is 3.10. The van der Waals surface area contributed by atoms with Crippen molar-refractivity contribution in [3.8, 4) is 0 Å². The Morgan fingerprint density at radius 3 is 2.15 bits per heavy atom. The van der Waals surface area contributed by atoms with E-state index in [0.29, 0.717) is 17.3 Å². The van der Waals surface area contributed by atoms with Gasteiger partial charge in [-0.3, -0.25) is 0 Å². The first kappa shape index (κ1) is 21.1. The van der Waals surface area contributed by atoms with E-state index < -0.39 is 0 Å². The number of hydrogen-bond donors (Lipinski definition) is 0. The molecule has 0 saturated heterocycles. The Balaban J connectivity index is 0.00000105. The summed E-state index contributed by atoms with van der Waals surface area (Å²) in [6, 6.07) is 17.9. The first-order valence-electron chi connectivity index (χ1n) is 9.51. The van der Waals surface area contributed by atoms with Gasteiger partial charge in [-0.15, -0.1) is 0 Å². The summed E-state index contributed by atoms with van der Waals surface area (Å²) in [4.78, 5) is 0. The van der Waals surface area contributed by atoms with Crippen molar-refractivity contribution < 1.29 is 49.5 Å². The van der Waals surface area contributed by atoms with Crippen molar-refractivity contribution in [3.05, 3.63) is 82.9 Å². The fourth-order valence-corrected chi connectivity index (χ4v) is 6.62. The van der Waals surface area contributed by atoms with E-state index >= 15 is 0 Å². The van der Waals surface area contributed by atoms with E-state index in [1.54, 1.807) is 35.8 Å². The van der Waals surface area contributed by atoms with Gasteiger partial charge in [-0.05, 0) is 0 Å². The summed E-state index contributed by atoms with van der Waals surface area (Å²) < 4.78 is 0.858. The van der Waals surface area contributed by atoms with Gasteiger partial charge in [0.05, 0.1) is 0 Å². The molecule has 0 aliphatic heterocycles. The molecule has 0 heterocycles. The van der Waals surface area contributed by atoms with E-state index in [9.17, 15) is 0 Å². The molecule has 3 atom stereocenters. The van der Waals surface area contributed by atoms with E-state index in [0.717, 1.165) is 3.63 Å². The Kier molecular flexibility index (Phi) is 6.57.